The minimum absolute atomic E-state index is 0.250. The number of carbonyl (C=O) groups is 1. The number of halogens is 1. The van der Waals surface area contributed by atoms with E-state index in [1.54, 1.807) is 43.6 Å². The minimum Gasteiger partial charge on any atom is -0.495 e. The number of hydrogen-bond donors (Lipinski definition) is 2. The first-order chi connectivity index (χ1) is 11.7. The Morgan fingerprint density at radius 2 is 2.04 bits per heavy atom. The van der Waals surface area contributed by atoms with E-state index < -0.39 is 0 Å². The summed E-state index contributed by atoms with van der Waals surface area (Å²) >= 11 is 5.87. The molecule has 0 spiro atoms. The van der Waals surface area contributed by atoms with E-state index in [2.05, 4.69) is 20.5 Å². The summed E-state index contributed by atoms with van der Waals surface area (Å²) in [7, 11) is 1.58. The zero-order valence-electron chi connectivity index (χ0n) is 12.9. The number of methoxy groups -OCH3 is 1. The van der Waals surface area contributed by atoms with Gasteiger partial charge in [0.1, 0.15) is 11.4 Å². The van der Waals surface area contributed by atoms with Gasteiger partial charge in [0.2, 0.25) is 0 Å². The summed E-state index contributed by atoms with van der Waals surface area (Å²) in [5.41, 5.74) is 2.68. The van der Waals surface area contributed by atoms with E-state index in [4.69, 9.17) is 16.3 Å². The third kappa shape index (κ3) is 3.72. The lowest BCUT2D eigenvalue weighted by Gasteiger charge is -2.04. The Bertz CT molecular complexity index is 829. The summed E-state index contributed by atoms with van der Waals surface area (Å²) < 4.78 is 5.04. The molecular weight excluding hydrogens is 328 g/mol. The van der Waals surface area contributed by atoms with Crippen LogP contribution in [-0.2, 0) is 6.54 Å². The molecule has 6 nitrogen and oxygen atoms in total. The molecule has 2 heterocycles. The number of H-pyrrole nitrogens is 1. The summed E-state index contributed by atoms with van der Waals surface area (Å²) in [5, 5.41) is 10.3. The Morgan fingerprint density at radius 1 is 1.25 bits per heavy atom. The van der Waals surface area contributed by atoms with Crippen LogP contribution in [0, 0.1) is 0 Å². The van der Waals surface area contributed by atoms with Gasteiger partial charge in [-0.1, -0.05) is 23.7 Å². The number of aromatic nitrogens is 3. The van der Waals surface area contributed by atoms with Crippen LogP contribution in [0.4, 0.5) is 0 Å². The quantitative estimate of drug-likeness (QED) is 0.746. The third-order valence-electron chi connectivity index (χ3n) is 3.43. The Kier molecular flexibility index (Phi) is 4.77. The third-order valence-corrected chi connectivity index (χ3v) is 3.68. The van der Waals surface area contributed by atoms with Gasteiger partial charge in [0.05, 0.1) is 31.2 Å². The number of benzene rings is 1. The van der Waals surface area contributed by atoms with Crippen molar-refractivity contribution in [2.75, 3.05) is 7.11 Å². The monoisotopic (exact) mass is 342 g/mol. The maximum Gasteiger partial charge on any atom is 0.269 e. The molecule has 0 aliphatic heterocycles. The predicted octanol–water partition coefficient (Wildman–Crippen LogP) is 3.06. The Hall–Kier alpha value is -2.86. The zero-order chi connectivity index (χ0) is 16.9. The first kappa shape index (κ1) is 16.0. The predicted molar refractivity (Wildman–Crippen MR) is 91.0 cm³/mol. The molecule has 0 saturated heterocycles. The fourth-order valence-corrected chi connectivity index (χ4v) is 2.23. The van der Waals surface area contributed by atoms with E-state index in [1.165, 1.54) is 0 Å². The van der Waals surface area contributed by atoms with E-state index >= 15 is 0 Å². The Labute approximate surface area is 143 Å². The van der Waals surface area contributed by atoms with Crippen molar-refractivity contribution in [3.05, 3.63) is 65.1 Å². The molecule has 1 aromatic carbocycles. The van der Waals surface area contributed by atoms with Gasteiger partial charge in [-0.2, -0.15) is 5.10 Å². The summed E-state index contributed by atoms with van der Waals surface area (Å²) in [6.45, 7) is 0.318. The van der Waals surface area contributed by atoms with E-state index in [0.29, 0.717) is 28.7 Å². The minimum atomic E-state index is -0.250. The highest BCUT2D eigenvalue weighted by atomic mass is 35.5. The van der Waals surface area contributed by atoms with Gasteiger partial charge in [0.15, 0.2) is 0 Å². The van der Waals surface area contributed by atoms with Crippen molar-refractivity contribution in [3.8, 4) is 17.0 Å². The lowest BCUT2D eigenvalue weighted by atomic mass is 10.1. The molecule has 1 amide bonds. The number of amides is 1. The topological polar surface area (TPSA) is 79.9 Å². The molecule has 24 heavy (non-hydrogen) atoms. The van der Waals surface area contributed by atoms with Crippen LogP contribution in [0.1, 0.15) is 16.2 Å². The molecule has 0 radical (unpaired) electrons. The number of ether oxygens (including phenoxy) is 1. The van der Waals surface area contributed by atoms with Crippen molar-refractivity contribution < 1.29 is 9.53 Å². The number of aromatic amines is 1. The highest BCUT2D eigenvalue weighted by molar-refractivity contribution is 6.30. The van der Waals surface area contributed by atoms with E-state index in [-0.39, 0.29) is 5.91 Å². The average Bonchev–Trinajstić information content (AvgIpc) is 3.11. The first-order valence-corrected chi connectivity index (χ1v) is 7.62. The second-order valence-corrected chi connectivity index (χ2v) is 5.48. The van der Waals surface area contributed by atoms with Crippen LogP contribution >= 0.6 is 11.6 Å². The number of hydrogen-bond acceptors (Lipinski definition) is 4. The summed E-state index contributed by atoms with van der Waals surface area (Å²) in [6.07, 6.45) is 1.61. The van der Waals surface area contributed by atoms with Gasteiger partial charge in [-0.3, -0.25) is 14.9 Å². The van der Waals surface area contributed by atoms with Gasteiger partial charge in [-0.05, 0) is 30.3 Å². The summed E-state index contributed by atoms with van der Waals surface area (Å²) in [4.78, 5) is 16.4. The van der Waals surface area contributed by atoms with Crippen LogP contribution in [0.25, 0.3) is 11.3 Å². The maximum atomic E-state index is 12.2. The lowest BCUT2D eigenvalue weighted by molar-refractivity contribution is 0.0945. The van der Waals surface area contributed by atoms with Crippen molar-refractivity contribution >= 4 is 17.5 Å². The van der Waals surface area contributed by atoms with Gasteiger partial charge >= 0.3 is 0 Å². The Morgan fingerprint density at radius 3 is 2.71 bits per heavy atom. The molecule has 0 aliphatic carbocycles. The van der Waals surface area contributed by atoms with Crippen molar-refractivity contribution in [1.82, 2.24) is 20.5 Å². The zero-order valence-corrected chi connectivity index (χ0v) is 13.7. The Balaban J connectivity index is 1.64. The number of pyridine rings is 1. The van der Waals surface area contributed by atoms with Crippen LogP contribution in [0.3, 0.4) is 0 Å². The van der Waals surface area contributed by atoms with Crippen molar-refractivity contribution in [2.45, 2.75) is 6.54 Å². The molecule has 3 aromatic rings. The number of nitrogens with one attached hydrogen (secondary N) is 2. The van der Waals surface area contributed by atoms with Crippen molar-refractivity contribution in [2.24, 2.45) is 0 Å². The second-order valence-electron chi connectivity index (χ2n) is 5.05. The van der Waals surface area contributed by atoms with Crippen LogP contribution < -0.4 is 10.1 Å². The molecule has 0 unspecified atom stereocenters. The molecule has 2 aromatic heterocycles. The van der Waals surface area contributed by atoms with Crippen LogP contribution in [0.2, 0.25) is 5.02 Å². The van der Waals surface area contributed by atoms with Gasteiger partial charge in [-0.15, -0.1) is 0 Å². The van der Waals surface area contributed by atoms with Gasteiger partial charge in [0, 0.05) is 10.6 Å². The van der Waals surface area contributed by atoms with Gasteiger partial charge in [-0.25, -0.2) is 0 Å². The van der Waals surface area contributed by atoms with E-state index in [0.717, 1.165) is 11.3 Å². The summed E-state index contributed by atoms with van der Waals surface area (Å²) in [5.74, 6) is 0.423. The molecule has 0 bridgehead atoms. The lowest BCUT2D eigenvalue weighted by Crippen LogP contribution is -2.23. The smallest absolute Gasteiger partial charge is 0.269 e. The van der Waals surface area contributed by atoms with E-state index in [1.807, 2.05) is 12.1 Å². The number of carbonyl (C=O) groups excluding carboxylic acids is 1. The molecule has 0 atom stereocenters. The maximum absolute atomic E-state index is 12.2. The molecule has 0 saturated carbocycles. The summed E-state index contributed by atoms with van der Waals surface area (Å²) in [6, 6.07) is 12.5. The fourth-order valence-electron chi connectivity index (χ4n) is 2.11. The van der Waals surface area contributed by atoms with Crippen LogP contribution in [-0.4, -0.2) is 28.2 Å². The molecular formula is C17H15ClN4O2. The second kappa shape index (κ2) is 7.14. The normalized spacial score (nSPS) is 10.4. The SMILES string of the molecule is COc1ccc(CNC(=O)c2cc(-c3ccc(Cl)cc3)n[nH]2)nc1. The van der Waals surface area contributed by atoms with Gasteiger partial charge in [0.25, 0.3) is 5.91 Å². The molecule has 0 fully saturated rings. The highest BCUT2D eigenvalue weighted by Crippen LogP contribution is 2.20. The van der Waals surface area contributed by atoms with Crippen molar-refractivity contribution in [1.29, 1.82) is 0 Å². The van der Waals surface area contributed by atoms with E-state index in [9.17, 15) is 4.79 Å². The first-order valence-electron chi connectivity index (χ1n) is 7.24. The van der Waals surface area contributed by atoms with Crippen LogP contribution in [0.15, 0.2) is 48.7 Å². The number of rotatable bonds is 5. The van der Waals surface area contributed by atoms with Crippen molar-refractivity contribution in [3.63, 3.8) is 0 Å². The molecule has 3 rings (SSSR count). The number of nitrogens with zero attached hydrogens (tertiary/aromatic N) is 2. The largest absolute Gasteiger partial charge is 0.495 e. The molecule has 7 heteroatoms. The molecule has 0 aliphatic rings. The van der Waals surface area contributed by atoms with Gasteiger partial charge < -0.3 is 10.1 Å². The molecule has 2 N–H and O–H groups in total. The molecule has 122 valence electrons. The van der Waals surface area contributed by atoms with Crippen LogP contribution in [0.5, 0.6) is 5.75 Å². The fraction of sp³-hybridized carbons (Fsp3) is 0.118. The highest BCUT2D eigenvalue weighted by Gasteiger charge is 2.11. The average molecular weight is 343 g/mol. The standard InChI is InChI=1S/C17H15ClN4O2/c1-24-14-7-6-13(19-10-14)9-20-17(23)16-8-15(21-22-16)11-2-4-12(18)5-3-11/h2-8,10H,9H2,1H3,(H,20,23)(H,21,22).